The molecule has 0 bridgehead atoms. The van der Waals surface area contributed by atoms with Crippen LogP contribution in [0.25, 0.3) is 0 Å². The van der Waals surface area contributed by atoms with Gasteiger partial charge in [-0.15, -0.1) is 0 Å². The molecule has 1 heterocycles. The van der Waals surface area contributed by atoms with Crippen molar-refractivity contribution in [3.63, 3.8) is 0 Å². The molecule has 3 heteroatoms. The van der Waals surface area contributed by atoms with Crippen LogP contribution in [0.3, 0.4) is 0 Å². The van der Waals surface area contributed by atoms with Crippen LogP contribution in [0.15, 0.2) is 79.0 Å². The van der Waals surface area contributed by atoms with Gasteiger partial charge in [-0.05, 0) is 23.3 Å². The number of anilines is 1. The molecule has 110 valence electrons. The van der Waals surface area contributed by atoms with Crippen LogP contribution in [-0.2, 0) is 13.1 Å². The lowest BCUT2D eigenvalue weighted by molar-refractivity contribution is 0.797. The lowest BCUT2D eigenvalue weighted by Gasteiger charge is -2.25. The van der Waals surface area contributed by atoms with E-state index in [2.05, 4.69) is 58.4 Å². The van der Waals surface area contributed by atoms with Crippen molar-refractivity contribution in [3.8, 4) is 0 Å². The number of rotatable bonds is 5. The summed E-state index contributed by atoms with van der Waals surface area (Å²) >= 11 is 5.91. The molecule has 0 amide bonds. The molecule has 3 aromatic rings. The smallest absolute Gasteiger partial charge is 0.129 e. The van der Waals surface area contributed by atoms with Crippen LogP contribution in [-0.4, -0.2) is 4.98 Å². The van der Waals surface area contributed by atoms with Gasteiger partial charge in [0, 0.05) is 13.1 Å². The molecule has 1 aromatic heterocycles. The predicted octanol–water partition coefficient (Wildman–Crippen LogP) is 4.94. The van der Waals surface area contributed by atoms with E-state index < -0.39 is 0 Å². The summed E-state index contributed by atoms with van der Waals surface area (Å²) in [4.78, 5) is 6.51. The molecule has 0 saturated carbocycles. The second-order valence-electron chi connectivity index (χ2n) is 5.17. The SMILES string of the molecule is Clc1ccc(N(Cc2ccccc2)Cc2ccccc2)cn1. The Hall–Kier alpha value is -2.32. The maximum absolute atomic E-state index is 5.91. The average molecular weight is 309 g/mol. The molecule has 0 unspecified atom stereocenters. The normalized spacial score (nSPS) is 10.4. The summed E-state index contributed by atoms with van der Waals surface area (Å²) in [7, 11) is 0. The van der Waals surface area contributed by atoms with E-state index in [1.807, 2.05) is 30.5 Å². The first kappa shape index (κ1) is 14.6. The number of nitrogens with zero attached hydrogens (tertiary/aromatic N) is 2. The minimum atomic E-state index is 0.517. The Morgan fingerprint density at radius 1 is 0.727 bits per heavy atom. The number of halogens is 1. The third-order valence-corrected chi connectivity index (χ3v) is 3.73. The Morgan fingerprint density at radius 2 is 1.27 bits per heavy atom. The molecule has 0 aliphatic rings. The molecule has 0 aliphatic heterocycles. The van der Waals surface area contributed by atoms with E-state index in [4.69, 9.17) is 11.6 Å². The van der Waals surface area contributed by atoms with Gasteiger partial charge in [0.1, 0.15) is 5.15 Å². The van der Waals surface area contributed by atoms with Gasteiger partial charge in [-0.3, -0.25) is 0 Å². The van der Waals surface area contributed by atoms with Crippen molar-refractivity contribution >= 4 is 17.3 Å². The molecule has 2 nitrogen and oxygen atoms in total. The molecule has 2 aromatic carbocycles. The van der Waals surface area contributed by atoms with Crippen molar-refractivity contribution in [3.05, 3.63) is 95.3 Å². The Balaban J connectivity index is 1.86. The van der Waals surface area contributed by atoms with Crippen LogP contribution in [0.5, 0.6) is 0 Å². The predicted molar refractivity (Wildman–Crippen MR) is 92.0 cm³/mol. The highest BCUT2D eigenvalue weighted by molar-refractivity contribution is 6.29. The Kier molecular flexibility index (Phi) is 4.71. The number of hydrogen-bond acceptors (Lipinski definition) is 2. The van der Waals surface area contributed by atoms with Gasteiger partial charge in [-0.25, -0.2) is 4.98 Å². The number of hydrogen-bond donors (Lipinski definition) is 0. The maximum Gasteiger partial charge on any atom is 0.129 e. The monoisotopic (exact) mass is 308 g/mol. The molecule has 0 aliphatic carbocycles. The second kappa shape index (κ2) is 7.10. The molecule has 0 atom stereocenters. The largest absolute Gasteiger partial charge is 0.362 e. The van der Waals surface area contributed by atoms with E-state index in [9.17, 15) is 0 Å². The first-order chi connectivity index (χ1) is 10.8. The summed E-state index contributed by atoms with van der Waals surface area (Å²) in [6.45, 7) is 1.66. The van der Waals surface area contributed by atoms with Crippen LogP contribution >= 0.6 is 11.6 Å². The quantitative estimate of drug-likeness (QED) is 0.620. The van der Waals surface area contributed by atoms with E-state index in [0.29, 0.717) is 5.15 Å². The lowest BCUT2D eigenvalue weighted by Crippen LogP contribution is -2.22. The topological polar surface area (TPSA) is 16.1 Å². The fourth-order valence-corrected chi connectivity index (χ4v) is 2.51. The molecule has 22 heavy (non-hydrogen) atoms. The van der Waals surface area contributed by atoms with E-state index in [0.717, 1.165) is 18.8 Å². The van der Waals surface area contributed by atoms with Gasteiger partial charge in [-0.1, -0.05) is 72.3 Å². The molecule has 0 spiro atoms. The van der Waals surface area contributed by atoms with Gasteiger partial charge in [0.2, 0.25) is 0 Å². The number of pyridine rings is 1. The van der Waals surface area contributed by atoms with Crippen LogP contribution < -0.4 is 4.90 Å². The maximum atomic E-state index is 5.91. The van der Waals surface area contributed by atoms with E-state index in [-0.39, 0.29) is 0 Å². The standard InChI is InChI=1S/C19H17ClN2/c20-19-12-11-18(13-21-19)22(14-16-7-3-1-4-8-16)15-17-9-5-2-6-10-17/h1-13H,14-15H2. The Morgan fingerprint density at radius 3 is 1.73 bits per heavy atom. The second-order valence-corrected chi connectivity index (χ2v) is 5.55. The molecule has 0 N–H and O–H groups in total. The fraction of sp³-hybridized carbons (Fsp3) is 0.105. The summed E-state index contributed by atoms with van der Waals surface area (Å²) in [5.74, 6) is 0. The van der Waals surface area contributed by atoms with Gasteiger partial charge in [0.05, 0.1) is 11.9 Å². The highest BCUT2D eigenvalue weighted by Crippen LogP contribution is 2.20. The van der Waals surface area contributed by atoms with E-state index >= 15 is 0 Å². The van der Waals surface area contributed by atoms with Crippen molar-refractivity contribution in [1.82, 2.24) is 4.98 Å². The third kappa shape index (κ3) is 3.86. The van der Waals surface area contributed by atoms with Crippen molar-refractivity contribution in [2.75, 3.05) is 4.90 Å². The van der Waals surface area contributed by atoms with E-state index in [1.165, 1.54) is 11.1 Å². The van der Waals surface area contributed by atoms with Crippen molar-refractivity contribution in [2.24, 2.45) is 0 Å². The highest BCUT2D eigenvalue weighted by atomic mass is 35.5. The fourth-order valence-electron chi connectivity index (χ4n) is 2.40. The van der Waals surface area contributed by atoms with Crippen LogP contribution in [0, 0.1) is 0 Å². The number of aromatic nitrogens is 1. The molecule has 0 radical (unpaired) electrons. The summed E-state index contributed by atoms with van der Waals surface area (Å²) in [6.07, 6.45) is 1.83. The first-order valence-electron chi connectivity index (χ1n) is 7.25. The summed E-state index contributed by atoms with van der Waals surface area (Å²) < 4.78 is 0. The summed E-state index contributed by atoms with van der Waals surface area (Å²) in [5, 5.41) is 0.517. The van der Waals surface area contributed by atoms with Gasteiger partial charge >= 0.3 is 0 Å². The van der Waals surface area contributed by atoms with Gasteiger partial charge in [0.25, 0.3) is 0 Å². The number of benzene rings is 2. The van der Waals surface area contributed by atoms with Crippen molar-refractivity contribution < 1.29 is 0 Å². The van der Waals surface area contributed by atoms with Crippen molar-refractivity contribution in [1.29, 1.82) is 0 Å². The molecule has 0 fully saturated rings. The third-order valence-electron chi connectivity index (χ3n) is 3.51. The zero-order valence-corrected chi connectivity index (χ0v) is 12.9. The minimum Gasteiger partial charge on any atom is -0.362 e. The van der Waals surface area contributed by atoms with Crippen LogP contribution in [0.2, 0.25) is 5.15 Å². The highest BCUT2D eigenvalue weighted by Gasteiger charge is 2.09. The summed E-state index contributed by atoms with van der Waals surface area (Å²) in [6, 6.07) is 24.7. The lowest BCUT2D eigenvalue weighted by atomic mass is 10.1. The molecule has 3 rings (SSSR count). The molecular formula is C19H17ClN2. The van der Waals surface area contributed by atoms with Crippen molar-refractivity contribution in [2.45, 2.75) is 13.1 Å². The van der Waals surface area contributed by atoms with Crippen LogP contribution in [0.4, 0.5) is 5.69 Å². The summed E-state index contributed by atoms with van der Waals surface area (Å²) in [5.41, 5.74) is 3.61. The minimum absolute atomic E-state index is 0.517. The molecule has 0 saturated heterocycles. The Labute approximate surface area is 136 Å². The zero-order chi connectivity index (χ0) is 15.2. The first-order valence-corrected chi connectivity index (χ1v) is 7.63. The van der Waals surface area contributed by atoms with Gasteiger partial charge in [-0.2, -0.15) is 0 Å². The van der Waals surface area contributed by atoms with E-state index in [1.54, 1.807) is 0 Å². The average Bonchev–Trinajstić information content (AvgIpc) is 2.57. The van der Waals surface area contributed by atoms with Gasteiger partial charge in [0.15, 0.2) is 0 Å². The van der Waals surface area contributed by atoms with Gasteiger partial charge < -0.3 is 4.90 Å². The Bertz CT molecular complexity index is 655. The zero-order valence-electron chi connectivity index (χ0n) is 12.2. The molecular weight excluding hydrogens is 292 g/mol. The van der Waals surface area contributed by atoms with Crippen LogP contribution in [0.1, 0.15) is 11.1 Å².